The lowest BCUT2D eigenvalue weighted by molar-refractivity contribution is 0.471. The molecule has 0 spiro atoms. The summed E-state index contributed by atoms with van der Waals surface area (Å²) in [6.07, 6.45) is 1.18. The Bertz CT molecular complexity index is 911. The predicted molar refractivity (Wildman–Crippen MR) is 118 cm³/mol. The summed E-state index contributed by atoms with van der Waals surface area (Å²) in [6.45, 7) is 6.39. The highest BCUT2D eigenvalue weighted by atomic mass is 32.2. The van der Waals surface area contributed by atoms with Gasteiger partial charge in [0.25, 0.3) is 0 Å². The lowest BCUT2D eigenvalue weighted by atomic mass is 9.93. The van der Waals surface area contributed by atoms with E-state index in [2.05, 4.69) is 43.5 Å². The number of rotatable bonds is 6. The summed E-state index contributed by atoms with van der Waals surface area (Å²) in [5.41, 5.74) is 3.72. The van der Waals surface area contributed by atoms with E-state index in [-0.39, 0.29) is 6.04 Å². The summed E-state index contributed by atoms with van der Waals surface area (Å²) >= 11 is 5.50. The van der Waals surface area contributed by atoms with E-state index >= 15 is 0 Å². The van der Waals surface area contributed by atoms with Gasteiger partial charge in [-0.3, -0.25) is 4.31 Å². The van der Waals surface area contributed by atoms with Gasteiger partial charge < -0.3 is 10.6 Å². The molecular weight excluding hydrogens is 378 g/mol. The number of benzene rings is 2. The van der Waals surface area contributed by atoms with Crippen LogP contribution in [0.15, 0.2) is 48.5 Å². The maximum atomic E-state index is 11.7. The van der Waals surface area contributed by atoms with Crippen molar-refractivity contribution in [1.29, 1.82) is 0 Å². The minimum absolute atomic E-state index is 0.0769. The van der Waals surface area contributed by atoms with Gasteiger partial charge in [0.1, 0.15) is 0 Å². The zero-order valence-electron chi connectivity index (χ0n) is 16.4. The fourth-order valence-electron chi connectivity index (χ4n) is 2.82. The van der Waals surface area contributed by atoms with Crippen molar-refractivity contribution in [2.24, 2.45) is 5.92 Å². The Kier molecular flexibility index (Phi) is 6.84. The van der Waals surface area contributed by atoms with E-state index in [0.717, 1.165) is 5.69 Å². The first kappa shape index (κ1) is 21.2. The Morgan fingerprint density at radius 1 is 1.11 bits per heavy atom. The number of sulfonamides is 1. The molecule has 0 amide bonds. The van der Waals surface area contributed by atoms with Gasteiger partial charge in [-0.2, -0.15) is 0 Å². The number of aryl methyl sites for hydroxylation is 1. The quantitative estimate of drug-likeness (QED) is 0.709. The SMILES string of the molecule is Cc1ccccc1[C@@H](NC(=S)Nc1cccc(N(C)S(C)(=O)=O)c1)C(C)C. The fraction of sp³-hybridized carbons (Fsp3) is 0.350. The van der Waals surface area contributed by atoms with Crippen molar-refractivity contribution in [3.63, 3.8) is 0 Å². The molecule has 1 atom stereocenters. The maximum absolute atomic E-state index is 11.7. The van der Waals surface area contributed by atoms with Crippen LogP contribution in [0.4, 0.5) is 11.4 Å². The number of thiocarbonyl (C=S) groups is 1. The molecule has 0 aliphatic carbocycles. The topological polar surface area (TPSA) is 61.4 Å². The first-order chi connectivity index (χ1) is 12.6. The van der Waals surface area contributed by atoms with Crippen molar-refractivity contribution < 1.29 is 8.42 Å². The summed E-state index contributed by atoms with van der Waals surface area (Å²) < 4.78 is 24.7. The third kappa shape index (κ3) is 5.68. The number of hydrogen-bond donors (Lipinski definition) is 2. The lowest BCUT2D eigenvalue weighted by Gasteiger charge is -2.26. The molecule has 0 radical (unpaired) electrons. The second-order valence-electron chi connectivity index (χ2n) is 6.96. The molecule has 0 fully saturated rings. The van der Waals surface area contributed by atoms with Crippen LogP contribution in [0.5, 0.6) is 0 Å². The van der Waals surface area contributed by atoms with Crippen LogP contribution in [0, 0.1) is 12.8 Å². The third-order valence-corrected chi connectivity index (χ3v) is 5.87. The maximum Gasteiger partial charge on any atom is 0.231 e. The van der Waals surface area contributed by atoms with Gasteiger partial charge in [0.05, 0.1) is 18.0 Å². The van der Waals surface area contributed by atoms with Gasteiger partial charge in [-0.25, -0.2) is 8.42 Å². The summed E-state index contributed by atoms with van der Waals surface area (Å²) in [5, 5.41) is 7.05. The van der Waals surface area contributed by atoms with Crippen molar-refractivity contribution in [2.45, 2.75) is 26.8 Å². The highest BCUT2D eigenvalue weighted by Crippen LogP contribution is 2.25. The van der Waals surface area contributed by atoms with Gasteiger partial charge in [0, 0.05) is 12.7 Å². The lowest BCUT2D eigenvalue weighted by Crippen LogP contribution is -2.35. The standard InChI is InChI=1S/C20H27N3O2S2/c1-14(2)19(18-12-7-6-9-15(18)3)22-20(26)21-16-10-8-11-17(13-16)23(4)27(5,24)25/h6-14,19H,1-5H3,(H2,21,22,26)/t19-/m0/s1. The van der Waals surface area contributed by atoms with E-state index in [1.165, 1.54) is 28.7 Å². The Morgan fingerprint density at radius 2 is 1.78 bits per heavy atom. The number of anilines is 2. The minimum Gasteiger partial charge on any atom is -0.355 e. The molecule has 0 aliphatic rings. The Balaban J connectivity index is 2.16. The van der Waals surface area contributed by atoms with E-state index in [9.17, 15) is 8.42 Å². The van der Waals surface area contributed by atoms with E-state index in [4.69, 9.17) is 12.2 Å². The molecule has 0 saturated carbocycles. The van der Waals surface area contributed by atoms with Crippen molar-refractivity contribution in [3.05, 3.63) is 59.7 Å². The van der Waals surface area contributed by atoms with Crippen LogP contribution in [0.25, 0.3) is 0 Å². The molecular formula is C20H27N3O2S2. The van der Waals surface area contributed by atoms with Crippen molar-refractivity contribution in [3.8, 4) is 0 Å². The highest BCUT2D eigenvalue weighted by molar-refractivity contribution is 7.92. The van der Waals surface area contributed by atoms with Crippen LogP contribution >= 0.6 is 12.2 Å². The van der Waals surface area contributed by atoms with Gasteiger partial charge in [0.15, 0.2) is 5.11 Å². The third-order valence-electron chi connectivity index (χ3n) is 4.44. The first-order valence-corrected chi connectivity index (χ1v) is 11.0. The van der Waals surface area contributed by atoms with Crippen LogP contribution in [0.2, 0.25) is 0 Å². The average molecular weight is 406 g/mol. The number of nitrogens with zero attached hydrogens (tertiary/aromatic N) is 1. The number of nitrogens with one attached hydrogen (secondary N) is 2. The fourth-order valence-corrected chi connectivity index (χ4v) is 3.56. The molecule has 5 nitrogen and oxygen atoms in total. The van der Waals surface area contributed by atoms with E-state index < -0.39 is 10.0 Å². The smallest absolute Gasteiger partial charge is 0.231 e. The van der Waals surface area contributed by atoms with Gasteiger partial charge >= 0.3 is 0 Å². The zero-order valence-corrected chi connectivity index (χ0v) is 18.0. The summed E-state index contributed by atoms with van der Waals surface area (Å²) in [4.78, 5) is 0. The Labute approximate surface area is 167 Å². The molecule has 27 heavy (non-hydrogen) atoms. The monoisotopic (exact) mass is 405 g/mol. The van der Waals surface area contributed by atoms with Gasteiger partial charge in [-0.05, 0) is 54.4 Å². The van der Waals surface area contributed by atoms with Crippen molar-refractivity contribution in [1.82, 2.24) is 5.32 Å². The minimum atomic E-state index is -3.32. The predicted octanol–water partition coefficient (Wildman–Crippen LogP) is 4.07. The molecule has 2 N–H and O–H groups in total. The van der Waals surface area contributed by atoms with Crippen LogP contribution < -0.4 is 14.9 Å². The van der Waals surface area contributed by atoms with E-state index in [0.29, 0.717) is 16.7 Å². The molecule has 0 unspecified atom stereocenters. The van der Waals surface area contributed by atoms with Crippen LogP contribution in [-0.4, -0.2) is 26.8 Å². The van der Waals surface area contributed by atoms with Crippen LogP contribution in [-0.2, 0) is 10.0 Å². The van der Waals surface area contributed by atoms with Gasteiger partial charge in [-0.1, -0.05) is 44.2 Å². The second kappa shape index (κ2) is 8.71. The van der Waals surface area contributed by atoms with Gasteiger partial charge in [-0.15, -0.1) is 0 Å². The zero-order chi connectivity index (χ0) is 20.2. The Morgan fingerprint density at radius 3 is 2.37 bits per heavy atom. The first-order valence-electron chi connectivity index (χ1n) is 8.76. The average Bonchev–Trinajstić information content (AvgIpc) is 2.59. The molecule has 0 heterocycles. The van der Waals surface area contributed by atoms with E-state index in [1.54, 1.807) is 18.2 Å². The number of hydrogen-bond acceptors (Lipinski definition) is 3. The van der Waals surface area contributed by atoms with E-state index in [1.807, 2.05) is 18.2 Å². The molecule has 0 saturated heterocycles. The van der Waals surface area contributed by atoms with Crippen molar-refractivity contribution >= 4 is 38.7 Å². The molecule has 2 rings (SSSR count). The van der Waals surface area contributed by atoms with Crippen LogP contribution in [0.1, 0.15) is 31.0 Å². The van der Waals surface area contributed by atoms with Crippen molar-refractivity contribution in [2.75, 3.05) is 22.9 Å². The molecule has 0 aliphatic heterocycles. The largest absolute Gasteiger partial charge is 0.355 e. The molecule has 2 aromatic carbocycles. The second-order valence-corrected chi connectivity index (χ2v) is 9.38. The molecule has 146 valence electrons. The van der Waals surface area contributed by atoms with Crippen LogP contribution in [0.3, 0.4) is 0 Å². The Hall–Kier alpha value is -2.12. The molecule has 7 heteroatoms. The summed E-state index contributed by atoms with van der Waals surface area (Å²) in [6, 6.07) is 15.5. The highest BCUT2D eigenvalue weighted by Gasteiger charge is 2.19. The summed E-state index contributed by atoms with van der Waals surface area (Å²) in [7, 11) is -1.79. The normalized spacial score (nSPS) is 12.5. The summed E-state index contributed by atoms with van der Waals surface area (Å²) in [5.74, 6) is 0.341. The molecule has 0 aromatic heterocycles. The van der Waals surface area contributed by atoms with Gasteiger partial charge in [0.2, 0.25) is 10.0 Å². The molecule has 0 bridgehead atoms. The molecule has 2 aromatic rings.